The fourth-order valence-corrected chi connectivity index (χ4v) is 3.25. The van der Waals surface area contributed by atoms with Gasteiger partial charge in [0.15, 0.2) is 0 Å². The summed E-state index contributed by atoms with van der Waals surface area (Å²) >= 11 is 0. The van der Waals surface area contributed by atoms with E-state index >= 15 is 0 Å². The molecule has 1 saturated heterocycles. The molecule has 1 fully saturated rings. The van der Waals surface area contributed by atoms with Crippen LogP contribution in [0.25, 0.3) is 0 Å². The molecule has 0 aliphatic carbocycles. The number of nitrogens with zero attached hydrogens (tertiary/aromatic N) is 3. The van der Waals surface area contributed by atoms with Gasteiger partial charge in [0, 0.05) is 32.4 Å². The molecule has 1 N–H and O–H groups in total. The summed E-state index contributed by atoms with van der Waals surface area (Å²) in [5, 5.41) is 2.81. The summed E-state index contributed by atoms with van der Waals surface area (Å²) < 4.78 is 5.12. The van der Waals surface area contributed by atoms with Crippen LogP contribution in [0.15, 0.2) is 48.7 Å². The summed E-state index contributed by atoms with van der Waals surface area (Å²) in [6.45, 7) is 4.44. The van der Waals surface area contributed by atoms with Crippen LogP contribution in [0.2, 0.25) is 0 Å². The van der Waals surface area contributed by atoms with Gasteiger partial charge in [0.1, 0.15) is 17.6 Å². The molecular formula is C21H26N4O3. The van der Waals surface area contributed by atoms with Crippen molar-refractivity contribution in [1.29, 1.82) is 0 Å². The molecule has 2 amide bonds. The fourth-order valence-electron chi connectivity index (χ4n) is 3.25. The Balaban J connectivity index is 1.47. The number of carbonyl (C=O) groups is 2. The molecule has 7 heteroatoms. The predicted octanol–water partition coefficient (Wildman–Crippen LogP) is 1.49. The highest BCUT2D eigenvalue weighted by Gasteiger charge is 2.26. The van der Waals surface area contributed by atoms with Crippen molar-refractivity contribution in [3.8, 4) is 5.75 Å². The monoisotopic (exact) mass is 382 g/mol. The van der Waals surface area contributed by atoms with Crippen LogP contribution in [0.5, 0.6) is 5.75 Å². The smallest absolute Gasteiger partial charge is 0.244 e. The zero-order valence-electron chi connectivity index (χ0n) is 16.3. The van der Waals surface area contributed by atoms with Crippen molar-refractivity contribution in [3.05, 3.63) is 54.2 Å². The molecule has 3 rings (SSSR count). The highest BCUT2D eigenvalue weighted by molar-refractivity contribution is 5.88. The van der Waals surface area contributed by atoms with Gasteiger partial charge in [-0.05, 0) is 36.8 Å². The number of hydrogen-bond acceptors (Lipinski definition) is 5. The molecule has 1 aliphatic heterocycles. The average Bonchev–Trinajstić information content (AvgIpc) is 2.74. The van der Waals surface area contributed by atoms with E-state index in [0.717, 1.165) is 30.2 Å². The van der Waals surface area contributed by atoms with E-state index in [1.54, 1.807) is 25.1 Å². The number of pyridine rings is 1. The molecule has 28 heavy (non-hydrogen) atoms. The number of benzene rings is 1. The van der Waals surface area contributed by atoms with Crippen LogP contribution in [0.4, 0.5) is 5.82 Å². The van der Waals surface area contributed by atoms with Gasteiger partial charge in [-0.15, -0.1) is 0 Å². The first-order valence-electron chi connectivity index (χ1n) is 9.44. The van der Waals surface area contributed by atoms with E-state index in [-0.39, 0.29) is 18.2 Å². The van der Waals surface area contributed by atoms with Gasteiger partial charge < -0.3 is 19.9 Å². The van der Waals surface area contributed by atoms with Crippen molar-refractivity contribution in [2.75, 3.05) is 38.2 Å². The van der Waals surface area contributed by atoms with E-state index < -0.39 is 6.04 Å². The predicted molar refractivity (Wildman–Crippen MR) is 107 cm³/mol. The normalized spacial score (nSPS) is 15.1. The number of anilines is 1. The zero-order chi connectivity index (χ0) is 19.9. The molecule has 1 aliphatic rings. The third-order valence-corrected chi connectivity index (χ3v) is 4.84. The van der Waals surface area contributed by atoms with Gasteiger partial charge >= 0.3 is 0 Å². The van der Waals surface area contributed by atoms with E-state index in [0.29, 0.717) is 13.1 Å². The van der Waals surface area contributed by atoms with Crippen LogP contribution in [0, 0.1) is 0 Å². The number of piperazine rings is 1. The number of rotatable bonds is 6. The molecule has 0 bridgehead atoms. The second-order valence-corrected chi connectivity index (χ2v) is 6.81. The van der Waals surface area contributed by atoms with Crippen molar-refractivity contribution >= 4 is 17.6 Å². The topological polar surface area (TPSA) is 74.8 Å². The van der Waals surface area contributed by atoms with Crippen molar-refractivity contribution in [2.24, 2.45) is 0 Å². The summed E-state index contributed by atoms with van der Waals surface area (Å²) in [5.41, 5.74) is 0.877. The quantitative estimate of drug-likeness (QED) is 0.819. The lowest BCUT2D eigenvalue weighted by atomic mass is 10.1. The molecular weight excluding hydrogens is 356 g/mol. The first kappa shape index (κ1) is 19.7. The molecule has 2 aromatic rings. The van der Waals surface area contributed by atoms with Gasteiger partial charge in [0.25, 0.3) is 0 Å². The molecule has 1 atom stereocenters. The Hall–Kier alpha value is -3.09. The molecule has 2 heterocycles. The summed E-state index contributed by atoms with van der Waals surface area (Å²) in [6, 6.07) is 12.6. The van der Waals surface area contributed by atoms with Gasteiger partial charge in [-0.2, -0.15) is 0 Å². The lowest BCUT2D eigenvalue weighted by Crippen LogP contribution is -2.54. The number of ether oxygens (including phenoxy) is 1. The minimum Gasteiger partial charge on any atom is -0.497 e. The number of aromatic nitrogens is 1. The summed E-state index contributed by atoms with van der Waals surface area (Å²) in [5.74, 6) is 1.45. The Labute approximate surface area is 165 Å². The highest BCUT2D eigenvalue weighted by atomic mass is 16.5. The minimum atomic E-state index is -0.549. The molecule has 0 radical (unpaired) electrons. The third-order valence-electron chi connectivity index (χ3n) is 4.84. The summed E-state index contributed by atoms with van der Waals surface area (Å²) in [7, 11) is 1.60. The van der Waals surface area contributed by atoms with Crippen LogP contribution in [-0.2, 0) is 16.0 Å². The van der Waals surface area contributed by atoms with Crippen molar-refractivity contribution < 1.29 is 14.3 Å². The van der Waals surface area contributed by atoms with Crippen molar-refractivity contribution in [3.63, 3.8) is 0 Å². The van der Waals surface area contributed by atoms with E-state index in [4.69, 9.17) is 4.74 Å². The number of methoxy groups -OCH3 is 1. The Bertz CT molecular complexity index is 787. The maximum atomic E-state index is 12.7. The van der Waals surface area contributed by atoms with E-state index in [2.05, 4.69) is 15.2 Å². The van der Waals surface area contributed by atoms with E-state index in [1.807, 2.05) is 42.5 Å². The van der Waals surface area contributed by atoms with Gasteiger partial charge in [-0.25, -0.2) is 4.98 Å². The fraction of sp³-hybridized carbons (Fsp3) is 0.381. The number of nitrogens with one attached hydrogen (secondary N) is 1. The molecule has 0 saturated carbocycles. The Morgan fingerprint density at radius 3 is 2.43 bits per heavy atom. The van der Waals surface area contributed by atoms with E-state index in [1.165, 1.54) is 0 Å². The van der Waals surface area contributed by atoms with Crippen LogP contribution in [0.3, 0.4) is 0 Å². The number of amides is 2. The van der Waals surface area contributed by atoms with E-state index in [9.17, 15) is 9.59 Å². The summed E-state index contributed by atoms with van der Waals surface area (Å²) in [4.78, 5) is 33.3. The maximum absolute atomic E-state index is 12.7. The molecule has 148 valence electrons. The Morgan fingerprint density at radius 2 is 1.82 bits per heavy atom. The minimum absolute atomic E-state index is 0.0521. The second-order valence-electron chi connectivity index (χ2n) is 6.81. The molecule has 7 nitrogen and oxygen atoms in total. The van der Waals surface area contributed by atoms with Gasteiger partial charge in [-0.3, -0.25) is 9.59 Å². The van der Waals surface area contributed by atoms with Crippen molar-refractivity contribution in [1.82, 2.24) is 15.2 Å². The standard InChI is InChI=1S/C21H26N4O3/c1-16(23-20(26)15-17-6-8-18(28-2)9-7-17)21(27)25-13-11-24(12-14-25)19-5-3-4-10-22-19/h3-10,16H,11-15H2,1-2H3,(H,23,26)/t16-/m1/s1. The zero-order valence-corrected chi connectivity index (χ0v) is 16.3. The largest absolute Gasteiger partial charge is 0.497 e. The summed E-state index contributed by atoms with van der Waals surface area (Å²) in [6.07, 6.45) is 2.00. The average molecular weight is 382 g/mol. The number of carbonyl (C=O) groups excluding carboxylic acids is 2. The van der Waals surface area contributed by atoms with Crippen LogP contribution in [-0.4, -0.2) is 61.0 Å². The highest BCUT2D eigenvalue weighted by Crippen LogP contribution is 2.14. The first-order chi connectivity index (χ1) is 13.6. The van der Waals surface area contributed by atoms with Gasteiger partial charge in [0.05, 0.1) is 13.5 Å². The Kier molecular flexibility index (Phi) is 6.47. The SMILES string of the molecule is COc1ccc(CC(=O)N[C@H](C)C(=O)N2CCN(c3ccccn3)CC2)cc1. The third kappa shape index (κ3) is 5.00. The van der Waals surface area contributed by atoms with Gasteiger partial charge in [0.2, 0.25) is 11.8 Å². The second kappa shape index (κ2) is 9.21. The molecule has 0 unspecified atom stereocenters. The van der Waals surface area contributed by atoms with Crippen molar-refractivity contribution in [2.45, 2.75) is 19.4 Å². The van der Waals surface area contributed by atoms with Gasteiger partial charge in [-0.1, -0.05) is 18.2 Å². The molecule has 1 aromatic carbocycles. The Morgan fingerprint density at radius 1 is 1.11 bits per heavy atom. The lowest BCUT2D eigenvalue weighted by molar-refractivity contribution is -0.136. The molecule has 1 aromatic heterocycles. The van der Waals surface area contributed by atoms with Crippen LogP contribution >= 0.6 is 0 Å². The molecule has 0 spiro atoms. The first-order valence-corrected chi connectivity index (χ1v) is 9.44. The van der Waals surface area contributed by atoms with Crippen LogP contribution < -0.4 is 15.0 Å². The maximum Gasteiger partial charge on any atom is 0.244 e. The number of hydrogen-bond donors (Lipinski definition) is 1. The lowest BCUT2D eigenvalue weighted by Gasteiger charge is -2.36. The van der Waals surface area contributed by atoms with Crippen LogP contribution in [0.1, 0.15) is 12.5 Å².